The predicted octanol–water partition coefficient (Wildman–Crippen LogP) is -7.06. The lowest BCUT2D eigenvalue weighted by atomic mass is 9.96. The molecule has 0 radical (unpaired) electrons. The van der Waals surface area contributed by atoms with Crippen LogP contribution < -0.4 is 34.0 Å². The van der Waals surface area contributed by atoms with Crippen molar-refractivity contribution in [3.05, 3.63) is 66.6 Å². The molecule has 8 rings (SSSR count). The van der Waals surface area contributed by atoms with E-state index in [1.165, 1.54) is 42.6 Å². The third-order valence-electron chi connectivity index (χ3n) is 10.3. The molecule has 3 saturated heterocycles. The Morgan fingerprint density at radius 1 is 0.667 bits per heavy atom. The summed E-state index contributed by atoms with van der Waals surface area (Å²) in [5.74, 6) is -0.0632. The summed E-state index contributed by atoms with van der Waals surface area (Å²) in [6.45, 7) is 2.59. The van der Waals surface area contributed by atoms with Crippen molar-refractivity contribution in [1.82, 2.24) is 48.6 Å². The molecule has 0 aliphatic carbocycles. The number of nitrogen functional groups attached to an aromatic ring is 2. The molecule has 0 saturated carbocycles. The van der Waals surface area contributed by atoms with Gasteiger partial charge in [0.05, 0.1) is 32.5 Å². The van der Waals surface area contributed by atoms with Gasteiger partial charge in [-0.05, 0) is 20.8 Å². The van der Waals surface area contributed by atoms with Crippen molar-refractivity contribution in [2.45, 2.75) is 92.9 Å². The lowest BCUT2D eigenvalue weighted by Gasteiger charge is -2.27. The number of nitrogens with two attached hydrogens (primary N) is 2. The molecular formula is C32H44N12O16. The molecule has 8 heterocycles. The topological polar surface area (TPSA) is 444 Å². The second-order valence-electron chi connectivity index (χ2n) is 14.7. The molecule has 12 atom stereocenters. The maximum Gasteiger partial charge on any atom is 0.348 e. The third kappa shape index (κ3) is 7.58. The molecule has 0 aromatic carbocycles. The summed E-state index contributed by atoms with van der Waals surface area (Å²) in [5, 5.41) is 88.1. The van der Waals surface area contributed by atoms with E-state index in [-0.39, 0.29) is 34.1 Å². The van der Waals surface area contributed by atoms with Gasteiger partial charge in [-0.25, -0.2) is 19.6 Å². The highest BCUT2D eigenvalue weighted by Crippen LogP contribution is 2.41. The largest absolute Gasteiger partial charge is 0.394 e. The summed E-state index contributed by atoms with van der Waals surface area (Å²) in [4.78, 5) is 68.0. The van der Waals surface area contributed by atoms with Crippen LogP contribution in [0.5, 0.6) is 0 Å². The zero-order valence-corrected chi connectivity index (χ0v) is 31.8. The molecular weight excluding hydrogens is 808 g/mol. The van der Waals surface area contributed by atoms with E-state index in [9.17, 15) is 60.0 Å². The van der Waals surface area contributed by atoms with Gasteiger partial charge in [0.1, 0.15) is 64.8 Å². The average Bonchev–Trinajstić information content (AvgIpc) is 3.95. The van der Waals surface area contributed by atoms with Crippen LogP contribution in [0.4, 0.5) is 11.8 Å². The molecule has 28 heteroatoms. The van der Waals surface area contributed by atoms with E-state index >= 15 is 0 Å². The number of aromatic nitrogens is 10. The van der Waals surface area contributed by atoms with E-state index in [2.05, 4.69) is 29.9 Å². The Morgan fingerprint density at radius 3 is 1.53 bits per heavy atom. The SMILES string of the molecule is C[C@]1(O)C(O)[C@@H](CO)O[C@H]1n1ccc(=O)[nH]c1=O.C[C@]1(O)C(O)[C@@H](CO)O[C@H]1n1cnc2c(=O)[nH]c(N)nc21.C[C@]1(O)C(O)[C@@H](CO)O[C@H]1n1cnc2c(N)[nH]c(=O)nc21. The van der Waals surface area contributed by atoms with Crippen molar-refractivity contribution in [3.63, 3.8) is 0 Å². The number of fused-ring (bicyclic) bond motifs is 2. The van der Waals surface area contributed by atoms with Crippen molar-refractivity contribution >= 4 is 34.1 Å². The van der Waals surface area contributed by atoms with E-state index in [0.29, 0.717) is 0 Å². The van der Waals surface area contributed by atoms with Crippen LogP contribution in [0.2, 0.25) is 0 Å². The zero-order chi connectivity index (χ0) is 44.2. The highest BCUT2D eigenvalue weighted by molar-refractivity contribution is 5.81. The molecule has 5 aromatic rings. The second-order valence-corrected chi connectivity index (χ2v) is 14.7. The van der Waals surface area contributed by atoms with Gasteiger partial charge in [-0.2, -0.15) is 9.97 Å². The fourth-order valence-corrected chi connectivity index (χ4v) is 7.02. The number of aliphatic hydroxyl groups excluding tert-OH is 6. The first kappa shape index (κ1) is 44.1. The number of hydrogen-bond acceptors (Lipinski definition) is 22. The van der Waals surface area contributed by atoms with Gasteiger partial charge < -0.3 is 71.6 Å². The fourth-order valence-electron chi connectivity index (χ4n) is 7.02. The molecule has 28 nitrogen and oxygen atoms in total. The number of nitrogens with zero attached hydrogens (tertiary/aromatic N) is 7. The normalized spacial score (nSPS) is 33.8. The first-order valence-electron chi connectivity index (χ1n) is 17.9. The molecule has 3 unspecified atom stereocenters. The first-order chi connectivity index (χ1) is 28.1. The van der Waals surface area contributed by atoms with Crippen LogP contribution in [0.1, 0.15) is 39.5 Å². The predicted molar refractivity (Wildman–Crippen MR) is 199 cm³/mol. The fraction of sp³-hybridized carbons (Fsp3) is 0.562. The average molecular weight is 853 g/mol. The smallest absolute Gasteiger partial charge is 0.348 e. The number of rotatable bonds is 6. The van der Waals surface area contributed by atoms with Crippen LogP contribution >= 0.6 is 0 Å². The Hall–Kier alpha value is -5.50. The molecule has 16 N–H and O–H groups in total. The third-order valence-corrected chi connectivity index (χ3v) is 10.3. The van der Waals surface area contributed by atoms with E-state index in [4.69, 9.17) is 30.8 Å². The number of nitrogens with one attached hydrogen (secondary N) is 3. The lowest BCUT2D eigenvalue weighted by molar-refractivity contribution is -0.0987. The molecule has 328 valence electrons. The van der Waals surface area contributed by atoms with Gasteiger partial charge in [-0.15, -0.1) is 0 Å². The second kappa shape index (κ2) is 16.2. The van der Waals surface area contributed by atoms with Crippen molar-refractivity contribution < 1.29 is 60.2 Å². The van der Waals surface area contributed by atoms with Crippen LogP contribution in [0.3, 0.4) is 0 Å². The molecule has 0 bridgehead atoms. The number of aliphatic hydroxyl groups is 9. The minimum absolute atomic E-state index is 0.0329. The molecule has 3 fully saturated rings. The molecule has 0 spiro atoms. The minimum atomic E-state index is -1.75. The quantitative estimate of drug-likeness (QED) is 0.0754. The Bertz CT molecular complexity index is 2540. The number of aromatic amines is 3. The van der Waals surface area contributed by atoms with Gasteiger partial charge in [0.25, 0.3) is 11.1 Å². The summed E-state index contributed by atoms with van der Waals surface area (Å²) >= 11 is 0. The maximum atomic E-state index is 11.7. The van der Waals surface area contributed by atoms with Crippen LogP contribution in [0, 0.1) is 0 Å². The summed E-state index contributed by atoms with van der Waals surface area (Å²) < 4.78 is 19.7. The Morgan fingerprint density at radius 2 is 1.10 bits per heavy atom. The van der Waals surface area contributed by atoms with Gasteiger partial charge >= 0.3 is 11.4 Å². The standard InChI is InChI=1S/2C11H15N5O5.C10H14N2O6/c1-11(20)6(18)4(2-17)21-9(11)16-3-13-5-7(16)14-10(12)15-8(5)19;1-11(20)6(18)4(2-17)21-9(11)16-3-13-5-7(12)14-10(19)15-8(5)16;1-10(17)7(15)5(4-13)18-8(10)12-3-2-6(14)11-9(12)16/h2*3-4,6,9,17-18,20H,2H2,1H3,(H3,12,14,15,19);2-3,5,7-8,13,15,17H,4H2,1H3,(H,11,14,16)/t2*4-,6?,9-,11+;5-,7?,8-,10+/m111/s1. The summed E-state index contributed by atoms with van der Waals surface area (Å²) in [5.41, 5.74) is 4.00. The van der Waals surface area contributed by atoms with Gasteiger partial charge in [0, 0.05) is 12.3 Å². The van der Waals surface area contributed by atoms with Crippen LogP contribution in [0.15, 0.2) is 44.1 Å². The van der Waals surface area contributed by atoms with Crippen LogP contribution in [0.25, 0.3) is 22.3 Å². The summed E-state index contributed by atoms with van der Waals surface area (Å²) in [6.07, 6.45) is -6.45. The molecule has 3 aliphatic heterocycles. The Kier molecular flexibility index (Phi) is 11.9. The van der Waals surface area contributed by atoms with Gasteiger partial charge in [0.15, 0.2) is 35.5 Å². The monoisotopic (exact) mass is 852 g/mol. The van der Waals surface area contributed by atoms with Gasteiger partial charge in [-0.3, -0.25) is 38.2 Å². The Balaban J connectivity index is 0.000000152. The van der Waals surface area contributed by atoms with Crippen LogP contribution in [-0.2, 0) is 14.2 Å². The maximum absolute atomic E-state index is 11.7. The number of ether oxygens (including phenoxy) is 3. The number of imidazole rings is 2. The molecule has 0 amide bonds. The number of anilines is 2. The van der Waals surface area contributed by atoms with E-state index in [0.717, 1.165) is 16.8 Å². The van der Waals surface area contributed by atoms with E-state index in [1.54, 1.807) is 0 Å². The van der Waals surface area contributed by atoms with Gasteiger partial charge in [0.2, 0.25) is 5.95 Å². The van der Waals surface area contributed by atoms with Crippen molar-refractivity contribution in [1.29, 1.82) is 0 Å². The highest BCUT2D eigenvalue weighted by atomic mass is 16.6. The molecule has 3 aliphatic rings. The van der Waals surface area contributed by atoms with E-state index < -0.39 is 114 Å². The summed E-state index contributed by atoms with van der Waals surface area (Å²) in [7, 11) is 0. The Labute approximate surface area is 333 Å². The van der Waals surface area contributed by atoms with E-state index in [1.807, 2.05) is 4.98 Å². The summed E-state index contributed by atoms with van der Waals surface area (Å²) in [6, 6.07) is 1.10. The molecule has 60 heavy (non-hydrogen) atoms. The minimum Gasteiger partial charge on any atom is -0.394 e. The van der Waals surface area contributed by atoms with Crippen LogP contribution in [-0.4, -0.2) is 168 Å². The highest BCUT2D eigenvalue weighted by Gasteiger charge is 2.55. The number of hydrogen-bond donors (Lipinski definition) is 14. The lowest BCUT2D eigenvalue weighted by Crippen LogP contribution is -2.46. The van der Waals surface area contributed by atoms with Crippen molar-refractivity contribution in [2.24, 2.45) is 0 Å². The number of H-pyrrole nitrogens is 3. The van der Waals surface area contributed by atoms with Crippen molar-refractivity contribution in [3.8, 4) is 0 Å². The van der Waals surface area contributed by atoms with Crippen molar-refractivity contribution in [2.75, 3.05) is 31.3 Å². The zero-order valence-electron chi connectivity index (χ0n) is 31.8. The first-order valence-corrected chi connectivity index (χ1v) is 17.9. The van der Waals surface area contributed by atoms with Gasteiger partial charge in [-0.1, -0.05) is 0 Å². The molecule has 5 aromatic heterocycles.